The molecule has 1 heterocycles. The third kappa shape index (κ3) is 2.86. The van der Waals surface area contributed by atoms with E-state index >= 15 is 0 Å². The summed E-state index contributed by atoms with van der Waals surface area (Å²) in [6.07, 6.45) is 6.72. The van der Waals surface area contributed by atoms with Gasteiger partial charge in [0.1, 0.15) is 0 Å². The number of fused-ring (bicyclic) bond motifs is 1. The van der Waals surface area contributed by atoms with Crippen LogP contribution in [-0.2, 0) is 0 Å². The van der Waals surface area contributed by atoms with Crippen LogP contribution >= 0.6 is 23.8 Å². The van der Waals surface area contributed by atoms with Gasteiger partial charge in [-0.1, -0.05) is 24.4 Å². The van der Waals surface area contributed by atoms with E-state index in [1.165, 1.54) is 25.7 Å². The number of thiocarbonyl (C=S) groups is 1. The van der Waals surface area contributed by atoms with Crippen LogP contribution in [0.1, 0.15) is 25.7 Å². The van der Waals surface area contributed by atoms with Gasteiger partial charge in [0, 0.05) is 17.6 Å². The fraction of sp³-hybridized carbons (Fsp3) is 0.333. The highest BCUT2D eigenvalue weighted by atomic mass is 35.5. The molecule has 0 atom stereocenters. The van der Waals surface area contributed by atoms with Crippen LogP contribution in [0, 0.1) is 0 Å². The van der Waals surface area contributed by atoms with E-state index in [0.29, 0.717) is 16.2 Å². The molecule has 0 saturated heterocycles. The second kappa shape index (κ2) is 5.94. The van der Waals surface area contributed by atoms with Crippen molar-refractivity contribution in [1.82, 2.24) is 10.3 Å². The maximum atomic E-state index is 6.19. The molecule has 1 saturated carbocycles. The Morgan fingerprint density at radius 2 is 2.05 bits per heavy atom. The Kier molecular flexibility index (Phi) is 4.03. The van der Waals surface area contributed by atoms with Gasteiger partial charge in [-0.3, -0.25) is 4.98 Å². The summed E-state index contributed by atoms with van der Waals surface area (Å²) < 4.78 is 0. The second-order valence-corrected chi connectivity index (χ2v) is 5.89. The van der Waals surface area contributed by atoms with E-state index < -0.39 is 0 Å². The van der Waals surface area contributed by atoms with Gasteiger partial charge >= 0.3 is 0 Å². The molecule has 0 unspecified atom stereocenters. The van der Waals surface area contributed by atoms with Gasteiger partial charge in [-0.25, -0.2) is 0 Å². The molecular formula is C15H16ClN3S. The molecule has 0 aliphatic heterocycles. The van der Waals surface area contributed by atoms with Crippen molar-refractivity contribution in [2.45, 2.75) is 31.7 Å². The molecule has 3 nitrogen and oxygen atoms in total. The van der Waals surface area contributed by atoms with Gasteiger partial charge < -0.3 is 10.6 Å². The summed E-state index contributed by atoms with van der Waals surface area (Å²) in [5, 5.41) is 8.90. The molecule has 0 spiro atoms. The topological polar surface area (TPSA) is 37.0 Å². The molecule has 5 heteroatoms. The van der Waals surface area contributed by atoms with Crippen LogP contribution in [0.2, 0.25) is 5.02 Å². The van der Waals surface area contributed by atoms with Crippen molar-refractivity contribution in [3.05, 3.63) is 35.5 Å². The number of hydrogen-bond donors (Lipinski definition) is 2. The Morgan fingerprint density at radius 3 is 2.85 bits per heavy atom. The van der Waals surface area contributed by atoms with Crippen LogP contribution in [-0.4, -0.2) is 16.1 Å². The van der Waals surface area contributed by atoms with Gasteiger partial charge in [0.2, 0.25) is 0 Å². The second-order valence-electron chi connectivity index (χ2n) is 5.07. The lowest BCUT2D eigenvalue weighted by molar-refractivity contribution is 0.634. The molecule has 2 N–H and O–H groups in total. The van der Waals surface area contributed by atoms with Crippen LogP contribution in [0.5, 0.6) is 0 Å². The SMILES string of the molecule is S=C(Nc1ccc(Cl)c2cccnc12)NC1CCCC1. The first-order valence-electron chi connectivity index (χ1n) is 6.85. The predicted molar refractivity (Wildman–Crippen MR) is 88.4 cm³/mol. The summed E-state index contributed by atoms with van der Waals surface area (Å²) >= 11 is 11.6. The summed E-state index contributed by atoms with van der Waals surface area (Å²) in [5.74, 6) is 0. The smallest absolute Gasteiger partial charge is 0.171 e. The van der Waals surface area contributed by atoms with Gasteiger partial charge in [-0.2, -0.15) is 0 Å². The van der Waals surface area contributed by atoms with Crippen molar-refractivity contribution < 1.29 is 0 Å². The van der Waals surface area contributed by atoms with Crippen molar-refractivity contribution in [1.29, 1.82) is 0 Å². The van der Waals surface area contributed by atoms with Gasteiger partial charge in [0.05, 0.1) is 16.2 Å². The molecule has 2 aromatic rings. The largest absolute Gasteiger partial charge is 0.360 e. The first-order chi connectivity index (χ1) is 9.74. The molecular weight excluding hydrogens is 290 g/mol. The highest BCUT2D eigenvalue weighted by Crippen LogP contribution is 2.28. The quantitative estimate of drug-likeness (QED) is 0.819. The molecule has 0 amide bonds. The highest BCUT2D eigenvalue weighted by molar-refractivity contribution is 7.80. The minimum Gasteiger partial charge on any atom is -0.360 e. The fourth-order valence-electron chi connectivity index (χ4n) is 2.65. The van der Waals surface area contributed by atoms with Crippen molar-refractivity contribution in [2.24, 2.45) is 0 Å². The van der Waals surface area contributed by atoms with Crippen molar-refractivity contribution >= 4 is 45.5 Å². The van der Waals surface area contributed by atoms with E-state index in [-0.39, 0.29) is 0 Å². The van der Waals surface area contributed by atoms with E-state index in [1.807, 2.05) is 24.3 Å². The summed E-state index contributed by atoms with van der Waals surface area (Å²) in [5.41, 5.74) is 1.73. The first-order valence-corrected chi connectivity index (χ1v) is 7.63. The number of halogens is 1. The van der Waals surface area contributed by atoms with Crippen molar-refractivity contribution in [2.75, 3.05) is 5.32 Å². The number of hydrogen-bond acceptors (Lipinski definition) is 2. The Bertz CT molecular complexity index is 638. The highest BCUT2D eigenvalue weighted by Gasteiger charge is 2.16. The van der Waals surface area contributed by atoms with Gasteiger partial charge in [0.15, 0.2) is 5.11 Å². The van der Waals surface area contributed by atoms with Crippen molar-refractivity contribution in [3.63, 3.8) is 0 Å². The van der Waals surface area contributed by atoms with Crippen LogP contribution in [0.15, 0.2) is 30.5 Å². The molecule has 0 bridgehead atoms. The normalized spacial score (nSPS) is 15.4. The molecule has 1 aliphatic carbocycles. The summed E-state index contributed by atoms with van der Waals surface area (Å²) in [6.45, 7) is 0. The molecule has 104 valence electrons. The van der Waals surface area contributed by atoms with E-state index in [9.17, 15) is 0 Å². The predicted octanol–water partition coefficient (Wildman–Crippen LogP) is 4.12. The zero-order valence-electron chi connectivity index (χ0n) is 11.0. The molecule has 1 fully saturated rings. The summed E-state index contributed by atoms with van der Waals surface area (Å²) in [6, 6.07) is 8.13. The monoisotopic (exact) mass is 305 g/mol. The number of pyridine rings is 1. The minimum absolute atomic E-state index is 0.501. The molecule has 1 aromatic carbocycles. The lowest BCUT2D eigenvalue weighted by Gasteiger charge is -2.16. The van der Waals surface area contributed by atoms with E-state index in [4.69, 9.17) is 23.8 Å². The summed E-state index contributed by atoms with van der Waals surface area (Å²) in [7, 11) is 0. The Labute approximate surface area is 128 Å². The molecule has 3 rings (SSSR count). The fourth-order valence-corrected chi connectivity index (χ4v) is 3.14. The Hall–Kier alpha value is -1.39. The number of benzene rings is 1. The average molecular weight is 306 g/mol. The van der Waals surface area contributed by atoms with Crippen molar-refractivity contribution in [3.8, 4) is 0 Å². The van der Waals surface area contributed by atoms with E-state index in [1.54, 1.807) is 6.20 Å². The summed E-state index contributed by atoms with van der Waals surface area (Å²) in [4.78, 5) is 4.39. The minimum atomic E-state index is 0.501. The van der Waals surface area contributed by atoms with Crippen LogP contribution in [0.3, 0.4) is 0 Å². The zero-order valence-corrected chi connectivity index (χ0v) is 12.6. The lowest BCUT2D eigenvalue weighted by Crippen LogP contribution is -2.35. The molecule has 20 heavy (non-hydrogen) atoms. The first kappa shape index (κ1) is 13.6. The number of nitrogens with one attached hydrogen (secondary N) is 2. The zero-order chi connectivity index (χ0) is 13.9. The standard InChI is InChI=1S/C15H16ClN3S/c16-12-7-8-13(14-11(12)6-3-9-17-14)19-15(20)18-10-4-1-2-5-10/h3,6-10H,1-2,4-5H2,(H2,18,19,20). The molecule has 1 aromatic heterocycles. The number of nitrogens with zero attached hydrogens (tertiary/aromatic N) is 1. The Morgan fingerprint density at radius 1 is 1.25 bits per heavy atom. The van der Waals surface area contributed by atoms with Crippen LogP contribution in [0.4, 0.5) is 5.69 Å². The lowest BCUT2D eigenvalue weighted by atomic mass is 10.2. The number of rotatable bonds is 2. The van der Waals surface area contributed by atoms with Gasteiger partial charge in [0.25, 0.3) is 0 Å². The van der Waals surface area contributed by atoms with E-state index in [2.05, 4.69) is 15.6 Å². The number of anilines is 1. The average Bonchev–Trinajstić information content (AvgIpc) is 2.95. The number of aromatic nitrogens is 1. The third-order valence-electron chi connectivity index (χ3n) is 3.66. The van der Waals surface area contributed by atoms with Crippen LogP contribution < -0.4 is 10.6 Å². The maximum Gasteiger partial charge on any atom is 0.171 e. The van der Waals surface area contributed by atoms with E-state index in [0.717, 1.165) is 16.6 Å². The molecule has 1 aliphatic rings. The van der Waals surface area contributed by atoms with Gasteiger partial charge in [-0.05, 0) is 49.3 Å². The molecule has 0 radical (unpaired) electrons. The third-order valence-corrected chi connectivity index (χ3v) is 4.20. The van der Waals surface area contributed by atoms with Crippen LogP contribution in [0.25, 0.3) is 10.9 Å². The Balaban J connectivity index is 1.80. The van der Waals surface area contributed by atoms with Gasteiger partial charge in [-0.15, -0.1) is 0 Å². The maximum absolute atomic E-state index is 6.19.